The van der Waals surface area contributed by atoms with Gasteiger partial charge < -0.3 is 0 Å². The summed E-state index contributed by atoms with van der Waals surface area (Å²) in [5.74, 6) is 0. The number of hydrogen-bond donors (Lipinski definition) is 1. The van der Waals surface area contributed by atoms with Crippen LogP contribution in [0.3, 0.4) is 0 Å². The molecule has 5 heteroatoms. The molecule has 17 heavy (non-hydrogen) atoms. The van der Waals surface area contributed by atoms with Crippen molar-refractivity contribution < 1.29 is 0 Å². The van der Waals surface area contributed by atoms with Crippen molar-refractivity contribution >= 4 is 0 Å². The molecule has 1 N–H and O–H groups in total. The Bertz CT molecular complexity index is 511. The van der Waals surface area contributed by atoms with Crippen LogP contribution in [0.15, 0.2) is 36.5 Å². The van der Waals surface area contributed by atoms with Gasteiger partial charge in [0.1, 0.15) is 11.7 Å². The summed E-state index contributed by atoms with van der Waals surface area (Å²) < 4.78 is 1.59. The van der Waals surface area contributed by atoms with Crippen LogP contribution in [-0.2, 0) is 13.6 Å². The first-order valence-corrected chi connectivity index (χ1v) is 5.33. The fourth-order valence-corrected chi connectivity index (χ4v) is 1.53. The summed E-state index contributed by atoms with van der Waals surface area (Å²) in [6.07, 6.45) is 1.74. The monoisotopic (exact) mass is 227 g/mol. The van der Waals surface area contributed by atoms with E-state index in [-0.39, 0.29) is 0 Å². The third-order valence-corrected chi connectivity index (χ3v) is 2.40. The van der Waals surface area contributed by atoms with Crippen molar-refractivity contribution in [3.05, 3.63) is 47.8 Å². The largest absolute Gasteiger partial charge is 0.293 e. The molecule has 0 saturated carbocycles. The molecule has 0 aliphatic rings. The maximum absolute atomic E-state index is 9.08. The van der Waals surface area contributed by atoms with E-state index in [1.54, 1.807) is 17.9 Å². The fourth-order valence-electron chi connectivity index (χ4n) is 1.53. The third-order valence-electron chi connectivity index (χ3n) is 2.40. The van der Waals surface area contributed by atoms with E-state index in [4.69, 9.17) is 5.26 Å². The number of nitriles is 1. The van der Waals surface area contributed by atoms with E-state index in [1.165, 1.54) is 0 Å². The summed E-state index contributed by atoms with van der Waals surface area (Å²) >= 11 is 0. The first kappa shape index (κ1) is 11.3. The van der Waals surface area contributed by atoms with Crippen LogP contribution in [0, 0.1) is 11.3 Å². The number of aromatic nitrogens is 3. The van der Waals surface area contributed by atoms with Crippen molar-refractivity contribution in [1.82, 2.24) is 20.3 Å². The van der Waals surface area contributed by atoms with Crippen LogP contribution in [0.4, 0.5) is 0 Å². The Morgan fingerprint density at radius 2 is 2.18 bits per heavy atom. The van der Waals surface area contributed by atoms with Gasteiger partial charge in [-0.2, -0.15) is 5.26 Å². The van der Waals surface area contributed by atoms with Gasteiger partial charge in [0.15, 0.2) is 0 Å². The molecular weight excluding hydrogens is 214 g/mol. The van der Waals surface area contributed by atoms with Crippen LogP contribution in [0.25, 0.3) is 0 Å². The molecule has 1 aromatic heterocycles. The van der Waals surface area contributed by atoms with Gasteiger partial charge in [0.25, 0.3) is 0 Å². The number of hydrogen-bond acceptors (Lipinski definition) is 4. The number of aryl methyl sites for hydroxylation is 1. The van der Waals surface area contributed by atoms with Crippen molar-refractivity contribution in [1.29, 1.82) is 5.26 Å². The zero-order chi connectivity index (χ0) is 12.1. The molecule has 0 bridgehead atoms. The Morgan fingerprint density at radius 1 is 1.41 bits per heavy atom. The first-order chi connectivity index (χ1) is 8.29. The zero-order valence-corrected chi connectivity index (χ0v) is 9.54. The minimum atomic E-state index is -0.427. The Labute approximate surface area is 99.7 Å². The third kappa shape index (κ3) is 2.89. The highest BCUT2D eigenvalue weighted by molar-refractivity contribution is 5.16. The van der Waals surface area contributed by atoms with Crippen molar-refractivity contribution in [2.45, 2.75) is 12.6 Å². The minimum Gasteiger partial charge on any atom is -0.293 e. The molecule has 1 heterocycles. The predicted octanol–water partition coefficient (Wildman–Crippen LogP) is 1.17. The summed E-state index contributed by atoms with van der Waals surface area (Å²) in [5, 5.41) is 20.0. The summed E-state index contributed by atoms with van der Waals surface area (Å²) in [6.45, 7) is 0.635. The first-order valence-electron chi connectivity index (χ1n) is 5.33. The van der Waals surface area contributed by atoms with Gasteiger partial charge in [-0.05, 0) is 5.56 Å². The number of nitrogens with one attached hydrogen (secondary N) is 1. The van der Waals surface area contributed by atoms with Crippen LogP contribution < -0.4 is 5.32 Å². The molecule has 2 aromatic rings. The molecule has 0 radical (unpaired) electrons. The van der Waals surface area contributed by atoms with Crippen molar-refractivity contribution in [2.24, 2.45) is 7.05 Å². The van der Waals surface area contributed by atoms with Gasteiger partial charge in [0.05, 0.1) is 12.3 Å². The number of nitrogens with zero attached hydrogens (tertiary/aromatic N) is 4. The second-order valence-electron chi connectivity index (χ2n) is 3.75. The quantitative estimate of drug-likeness (QED) is 0.851. The molecule has 2 rings (SSSR count). The molecule has 5 nitrogen and oxygen atoms in total. The SMILES string of the molecule is Cn1cc(C(C#N)NCc2ccccc2)nn1. The van der Waals surface area contributed by atoms with Gasteiger partial charge >= 0.3 is 0 Å². The molecule has 1 unspecified atom stereocenters. The predicted molar refractivity (Wildman–Crippen MR) is 62.6 cm³/mol. The van der Waals surface area contributed by atoms with Gasteiger partial charge in [-0.25, -0.2) is 0 Å². The van der Waals surface area contributed by atoms with Crippen LogP contribution in [0.1, 0.15) is 17.3 Å². The molecule has 0 aliphatic heterocycles. The summed E-state index contributed by atoms with van der Waals surface area (Å²) in [5.41, 5.74) is 1.78. The maximum atomic E-state index is 9.08. The van der Waals surface area contributed by atoms with Gasteiger partial charge in [-0.15, -0.1) is 5.10 Å². The lowest BCUT2D eigenvalue weighted by atomic mass is 10.2. The van der Waals surface area contributed by atoms with Crippen LogP contribution in [0.2, 0.25) is 0 Å². The maximum Gasteiger partial charge on any atom is 0.142 e. The second-order valence-corrected chi connectivity index (χ2v) is 3.75. The molecule has 0 aliphatic carbocycles. The fraction of sp³-hybridized carbons (Fsp3) is 0.250. The standard InChI is InChI=1S/C12H13N5/c1-17-9-12(15-16-17)11(7-13)14-8-10-5-3-2-4-6-10/h2-6,9,11,14H,8H2,1H3. The van der Waals surface area contributed by atoms with Crippen LogP contribution in [0.5, 0.6) is 0 Å². The van der Waals surface area contributed by atoms with E-state index in [1.807, 2.05) is 30.3 Å². The average molecular weight is 227 g/mol. The number of benzene rings is 1. The Kier molecular flexibility index (Phi) is 3.48. The molecular formula is C12H13N5. The van der Waals surface area contributed by atoms with Crippen LogP contribution >= 0.6 is 0 Å². The van der Waals surface area contributed by atoms with Gasteiger partial charge in [0.2, 0.25) is 0 Å². The summed E-state index contributed by atoms with van der Waals surface area (Å²) in [4.78, 5) is 0. The van der Waals surface area contributed by atoms with Crippen molar-refractivity contribution in [3.8, 4) is 6.07 Å². The van der Waals surface area contributed by atoms with Gasteiger partial charge in [0, 0.05) is 13.6 Å². The van der Waals surface area contributed by atoms with E-state index < -0.39 is 6.04 Å². The normalized spacial score (nSPS) is 12.0. The van der Waals surface area contributed by atoms with E-state index in [9.17, 15) is 0 Å². The molecule has 1 atom stereocenters. The molecule has 0 saturated heterocycles. The van der Waals surface area contributed by atoms with Crippen LogP contribution in [-0.4, -0.2) is 15.0 Å². The molecule has 0 spiro atoms. The van der Waals surface area contributed by atoms with Gasteiger partial charge in [-0.3, -0.25) is 10.00 Å². The highest BCUT2D eigenvalue weighted by Crippen LogP contribution is 2.08. The second kappa shape index (κ2) is 5.23. The van der Waals surface area contributed by atoms with E-state index in [2.05, 4.69) is 21.7 Å². The minimum absolute atomic E-state index is 0.427. The Morgan fingerprint density at radius 3 is 2.76 bits per heavy atom. The zero-order valence-electron chi connectivity index (χ0n) is 9.54. The molecule has 0 fully saturated rings. The van der Waals surface area contributed by atoms with E-state index >= 15 is 0 Å². The molecule has 86 valence electrons. The highest BCUT2D eigenvalue weighted by atomic mass is 15.4. The van der Waals surface area contributed by atoms with Crippen molar-refractivity contribution in [3.63, 3.8) is 0 Å². The van der Waals surface area contributed by atoms with E-state index in [0.717, 1.165) is 5.56 Å². The van der Waals surface area contributed by atoms with Gasteiger partial charge in [-0.1, -0.05) is 35.5 Å². The smallest absolute Gasteiger partial charge is 0.142 e. The topological polar surface area (TPSA) is 66.5 Å². The summed E-state index contributed by atoms with van der Waals surface area (Å²) in [6, 6.07) is 11.7. The Balaban J connectivity index is 2.00. The lowest BCUT2D eigenvalue weighted by Crippen LogP contribution is -2.19. The van der Waals surface area contributed by atoms with Crippen molar-refractivity contribution in [2.75, 3.05) is 0 Å². The highest BCUT2D eigenvalue weighted by Gasteiger charge is 2.13. The molecule has 0 amide bonds. The Hall–Kier alpha value is -2.19. The lowest BCUT2D eigenvalue weighted by Gasteiger charge is -2.08. The molecule has 1 aromatic carbocycles. The average Bonchev–Trinajstić information content (AvgIpc) is 2.78. The number of rotatable bonds is 4. The van der Waals surface area contributed by atoms with E-state index in [0.29, 0.717) is 12.2 Å². The summed E-state index contributed by atoms with van der Waals surface area (Å²) in [7, 11) is 1.78. The lowest BCUT2D eigenvalue weighted by molar-refractivity contribution is 0.614.